The molecule has 2 aromatic rings. The van der Waals surface area contributed by atoms with Crippen molar-refractivity contribution in [3.63, 3.8) is 0 Å². The highest BCUT2D eigenvalue weighted by atomic mass is 19.1. The molecule has 3 nitrogen and oxygen atoms in total. The molecule has 2 atom stereocenters. The van der Waals surface area contributed by atoms with E-state index in [4.69, 9.17) is 0 Å². The smallest absolute Gasteiger partial charge is 0.133 e. The van der Waals surface area contributed by atoms with Gasteiger partial charge in [0, 0.05) is 41.7 Å². The average molecular weight is 389 g/mol. The van der Waals surface area contributed by atoms with Crippen LogP contribution < -0.4 is 10.6 Å². The van der Waals surface area contributed by atoms with Gasteiger partial charge in [0.2, 0.25) is 0 Å². The number of hydrogen-bond acceptors (Lipinski definition) is 3. The van der Waals surface area contributed by atoms with Gasteiger partial charge in [0.25, 0.3) is 0 Å². The summed E-state index contributed by atoms with van der Waals surface area (Å²) in [6.45, 7) is 6.71. The van der Waals surface area contributed by atoms with Gasteiger partial charge < -0.3 is 10.6 Å². The third kappa shape index (κ3) is 4.32. The van der Waals surface area contributed by atoms with Crippen LogP contribution in [0.15, 0.2) is 42.4 Å². The van der Waals surface area contributed by atoms with Crippen LogP contribution in [0.4, 0.5) is 13.2 Å². The molecule has 2 N–H and O–H groups in total. The van der Waals surface area contributed by atoms with E-state index in [1.165, 1.54) is 38.2 Å². The van der Waals surface area contributed by atoms with Crippen LogP contribution in [0.3, 0.4) is 0 Å². The Morgan fingerprint density at radius 3 is 2.64 bits per heavy atom. The molecule has 2 heterocycles. The van der Waals surface area contributed by atoms with E-state index in [-0.39, 0.29) is 16.8 Å². The summed E-state index contributed by atoms with van der Waals surface area (Å²) in [4.78, 5) is 4.09. The summed E-state index contributed by atoms with van der Waals surface area (Å²) in [6, 6.07) is 5.30. The Morgan fingerprint density at radius 1 is 1.25 bits per heavy atom. The molecular formula is C22H26F3N3. The number of pyridine rings is 1. The van der Waals surface area contributed by atoms with Crippen LogP contribution in [0.5, 0.6) is 0 Å². The number of rotatable bonds is 6. The molecular weight excluding hydrogens is 363 g/mol. The molecule has 1 aromatic carbocycles. The van der Waals surface area contributed by atoms with Gasteiger partial charge in [0.1, 0.15) is 17.3 Å². The Labute approximate surface area is 164 Å². The second-order valence-electron chi connectivity index (χ2n) is 7.77. The van der Waals surface area contributed by atoms with Gasteiger partial charge in [-0.15, -0.1) is 0 Å². The van der Waals surface area contributed by atoms with Gasteiger partial charge >= 0.3 is 0 Å². The van der Waals surface area contributed by atoms with E-state index in [9.17, 15) is 13.2 Å². The van der Waals surface area contributed by atoms with Crippen molar-refractivity contribution >= 4 is 0 Å². The molecule has 3 rings (SSSR count). The highest BCUT2D eigenvalue weighted by Gasteiger charge is 2.22. The molecule has 150 valence electrons. The standard InChI is InChI=1S/C22H26F3N3/c1-5-15-9-16(12-27-15)28-13(2)17-10-20(24)18(11-19(17)23)21-8-14(6-7-26-21)22(3,4)25/h6-8,10-13,15,27-28H,5,9H2,1-4H3. The molecule has 0 spiro atoms. The van der Waals surface area contributed by atoms with Crippen molar-refractivity contribution in [1.29, 1.82) is 0 Å². The van der Waals surface area contributed by atoms with Gasteiger partial charge in [-0.25, -0.2) is 13.2 Å². The summed E-state index contributed by atoms with van der Waals surface area (Å²) < 4.78 is 43.8. The zero-order valence-electron chi connectivity index (χ0n) is 16.6. The fraction of sp³-hybridized carbons (Fsp3) is 0.409. The van der Waals surface area contributed by atoms with Gasteiger partial charge in [-0.1, -0.05) is 6.92 Å². The number of nitrogens with zero attached hydrogens (tertiary/aromatic N) is 1. The van der Waals surface area contributed by atoms with Gasteiger partial charge in [-0.05, 0) is 57.0 Å². The van der Waals surface area contributed by atoms with Crippen molar-refractivity contribution in [3.8, 4) is 11.3 Å². The van der Waals surface area contributed by atoms with Crippen LogP contribution >= 0.6 is 0 Å². The average Bonchev–Trinajstić information content (AvgIpc) is 3.10. The molecule has 2 unspecified atom stereocenters. The minimum Gasteiger partial charge on any atom is -0.386 e. The zero-order valence-corrected chi connectivity index (χ0v) is 16.6. The number of alkyl halides is 1. The van der Waals surface area contributed by atoms with Crippen molar-refractivity contribution in [2.24, 2.45) is 0 Å². The number of halogens is 3. The molecule has 28 heavy (non-hydrogen) atoms. The lowest BCUT2D eigenvalue weighted by molar-refractivity contribution is 0.221. The maximum absolute atomic E-state index is 14.8. The van der Waals surface area contributed by atoms with Crippen LogP contribution in [-0.2, 0) is 5.67 Å². The Bertz CT molecular complexity index is 887. The van der Waals surface area contributed by atoms with Gasteiger partial charge in [-0.2, -0.15) is 0 Å². The monoisotopic (exact) mass is 389 g/mol. The minimum absolute atomic E-state index is 0.0207. The van der Waals surface area contributed by atoms with E-state index in [1.54, 1.807) is 6.92 Å². The van der Waals surface area contributed by atoms with Crippen molar-refractivity contribution in [2.45, 2.75) is 58.3 Å². The van der Waals surface area contributed by atoms with Crippen LogP contribution in [0.25, 0.3) is 11.3 Å². The fourth-order valence-electron chi connectivity index (χ4n) is 3.36. The summed E-state index contributed by atoms with van der Waals surface area (Å²) in [6.07, 6.45) is 5.13. The van der Waals surface area contributed by atoms with Gasteiger partial charge in [0.05, 0.1) is 11.7 Å². The van der Waals surface area contributed by atoms with Crippen molar-refractivity contribution in [1.82, 2.24) is 15.6 Å². The second-order valence-corrected chi connectivity index (χ2v) is 7.77. The maximum Gasteiger partial charge on any atom is 0.133 e. The number of benzene rings is 1. The first-order chi connectivity index (χ1) is 13.2. The molecule has 0 fully saturated rings. The van der Waals surface area contributed by atoms with E-state index >= 15 is 0 Å². The first-order valence-electron chi connectivity index (χ1n) is 9.55. The summed E-state index contributed by atoms with van der Waals surface area (Å²) >= 11 is 0. The predicted molar refractivity (Wildman–Crippen MR) is 105 cm³/mol. The molecule has 0 saturated carbocycles. The van der Waals surface area contributed by atoms with Crippen LogP contribution in [0, 0.1) is 11.6 Å². The number of hydrogen-bond donors (Lipinski definition) is 2. The van der Waals surface area contributed by atoms with E-state index < -0.39 is 23.3 Å². The highest BCUT2D eigenvalue weighted by Crippen LogP contribution is 2.31. The Morgan fingerprint density at radius 2 is 2.00 bits per heavy atom. The van der Waals surface area contributed by atoms with E-state index in [2.05, 4.69) is 22.5 Å². The highest BCUT2D eigenvalue weighted by molar-refractivity contribution is 5.61. The summed E-state index contributed by atoms with van der Waals surface area (Å²) in [5, 5.41) is 6.50. The van der Waals surface area contributed by atoms with Crippen LogP contribution in [0.2, 0.25) is 0 Å². The van der Waals surface area contributed by atoms with E-state index in [1.807, 2.05) is 6.20 Å². The lowest BCUT2D eigenvalue weighted by Crippen LogP contribution is -2.20. The second kappa shape index (κ2) is 7.86. The quantitative estimate of drug-likeness (QED) is 0.685. The number of nitrogens with one attached hydrogen (secondary N) is 2. The first kappa shape index (κ1) is 20.2. The Hall–Kier alpha value is -2.50. The Kier molecular flexibility index (Phi) is 5.68. The Balaban J connectivity index is 1.85. The normalized spacial score (nSPS) is 17.8. The van der Waals surface area contributed by atoms with Crippen molar-refractivity contribution < 1.29 is 13.2 Å². The van der Waals surface area contributed by atoms with E-state index in [0.717, 1.165) is 24.6 Å². The molecule has 1 aliphatic heterocycles. The molecule has 1 aliphatic rings. The molecule has 0 bridgehead atoms. The van der Waals surface area contributed by atoms with Crippen molar-refractivity contribution in [2.75, 3.05) is 0 Å². The molecule has 0 amide bonds. The van der Waals surface area contributed by atoms with Gasteiger partial charge in [-0.3, -0.25) is 4.98 Å². The predicted octanol–water partition coefficient (Wildman–Crippen LogP) is 5.50. The molecule has 0 radical (unpaired) electrons. The zero-order chi connectivity index (χ0) is 20.5. The van der Waals surface area contributed by atoms with Gasteiger partial charge in [0.15, 0.2) is 0 Å². The fourth-order valence-corrected chi connectivity index (χ4v) is 3.36. The molecule has 0 aliphatic carbocycles. The van der Waals surface area contributed by atoms with Crippen LogP contribution in [0.1, 0.15) is 57.7 Å². The number of aromatic nitrogens is 1. The van der Waals surface area contributed by atoms with Crippen LogP contribution in [-0.4, -0.2) is 11.0 Å². The third-order valence-electron chi connectivity index (χ3n) is 5.13. The molecule has 1 aromatic heterocycles. The van der Waals surface area contributed by atoms with Crippen molar-refractivity contribution in [3.05, 3.63) is 65.1 Å². The summed E-state index contributed by atoms with van der Waals surface area (Å²) in [5.41, 5.74) is 0.215. The SMILES string of the molecule is CCC1CC(NC(C)c2cc(F)c(-c3cc(C(C)(C)F)ccn3)cc2F)=CN1. The topological polar surface area (TPSA) is 37.0 Å². The molecule has 0 saturated heterocycles. The maximum atomic E-state index is 14.8. The lowest BCUT2D eigenvalue weighted by Gasteiger charge is -2.19. The summed E-state index contributed by atoms with van der Waals surface area (Å²) in [7, 11) is 0. The lowest BCUT2D eigenvalue weighted by atomic mass is 9.97. The summed E-state index contributed by atoms with van der Waals surface area (Å²) in [5.74, 6) is -1.11. The van der Waals surface area contributed by atoms with E-state index in [0.29, 0.717) is 11.6 Å². The largest absolute Gasteiger partial charge is 0.386 e. The third-order valence-corrected chi connectivity index (χ3v) is 5.13. The first-order valence-corrected chi connectivity index (χ1v) is 9.55. The minimum atomic E-state index is -1.59. The molecule has 6 heteroatoms.